The van der Waals surface area contributed by atoms with Gasteiger partial charge >= 0.3 is 0 Å². The molecule has 0 atom stereocenters. The van der Waals surface area contributed by atoms with Crippen LogP contribution in [0.3, 0.4) is 0 Å². The smallest absolute Gasteiger partial charge is 0.249 e. The fourth-order valence-electron chi connectivity index (χ4n) is 4.29. The van der Waals surface area contributed by atoms with E-state index < -0.39 is 5.91 Å². The first-order chi connectivity index (χ1) is 16.9. The summed E-state index contributed by atoms with van der Waals surface area (Å²) in [5.41, 5.74) is 19.0. The van der Waals surface area contributed by atoms with Crippen molar-refractivity contribution in [3.8, 4) is 28.5 Å². The highest BCUT2D eigenvalue weighted by Gasteiger charge is 2.17. The number of aromatic nitrogens is 1. The van der Waals surface area contributed by atoms with Crippen molar-refractivity contribution in [2.45, 2.75) is 20.4 Å². The molecule has 0 saturated carbocycles. The van der Waals surface area contributed by atoms with Gasteiger partial charge in [0.15, 0.2) is 0 Å². The van der Waals surface area contributed by atoms with Crippen LogP contribution in [0.15, 0.2) is 79.0 Å². The van der Waals surface area contributed by atoms with Gasteiger partial charge in [-0.2, -0.15) is 5.26 Å². The van der Waals surface area contributed by atoms with E-state index in [1.807, 2.05) is 42.5 Å². The Hall–Kier alpha value is -4.63. The number of carbonyl (C=O) groups excluding carboxylic acids is 1. The molecule has 6 heteroatoms. The van der Waals surface area contributed by atoms with Crippen LogP contribution in [0.4, 0.5) is 11.4 Å². The van der Waals surface area contributed by atoms with E-state index in [0.717, 1.165) is 17.8 Å². The van der Waals surface area contributed by atoms with Crippen molar-refractivity contribution in [2.24, 2.45) is 5.73 Å². The van der Waals surface area contributed by atoms with E-state index in [1.54, 1.807) is 24.4 Å². The van der Waals surface area contributed by atoms with Crippen LogP contribution in [-0.2, 0) is 6.54 Å². The van der Waals surface area contributed by atoms with Crippen LogP contribution >= 0.6 is 0 Å². The number of hydrogen-bond acceptors (Lipinski definition) is 5. The first kappa shape index (κ1) is 23.5. The van der Waals surface area contributed by atoms with Crippen LogP contribution in [0, 0.1) is 18.3 Å². The Balaban J connectivity index is 1.74. The molecule has 0 aliphatic heterocycles. The van der Waals surface area contributed by atoms with Gasteiger partial charge in [-0.05, 0) is 60.9 Å². The highest BCUT2D eigenvalue weighted by molar-refractivity contribution is 6.02. The number of hydrogen-bond donors (Lipinski definition) is 2. The zero-order valence-electron chi connectivity index (χ0n) is 19.8. The number of para-hydroxylation sites is 2. The Kier molecular flexibility index (Phi) is 6.79. The number of nitrogens with two attached hydrogens (primary N) is 2. The van der Waals surface area contributed by atoms with Gasteiger partial charge in [-0.3, -0.25) is 9.78 Å². The molecule has 0 aliphatic carbocycles. The number of carbonyl (C=O) groups is 1. The zero-order chi connectivity index (χ0) is 24.9. The number of benzene rings is 3. The SMILES string of the molecule is CCN(Cc1cnc(-c2ccc(C(N)=O)c(-c3ccccc3N)c2)c(C#N)c1)c1ccccc1C. The lowest BCUT2D eigenvalue weighted by atomic mass is 9.93. The molecule has 35 heavy (non-hydrogen) atoms. The Morgan fingerprint density at radius 3 is 2.46 bits per heavy atom. The minimum absolute atomic E-state index is 0.360. The van der Waals surface area contributed by atoms with Gasteiger partial charge in [0.05, 0.1) is 11.3 Å². The van der Waals surface area contributed by atoms with Gasteiger partial charge < -0.3 is 16.4 Å². The molecule has 1 amide bonds. The number of nitrogens with zero attached hydrogens (tertiary/aromatic N) is 3. The van der Waals surface area contributed by atoms with Crippen LogP contribution in [0.2, 0.25) is 0 Å². The molecule has 4 aromatic rings. The van der Waals surface area contributed by atoms with Crippen LogP contribution < -0.4 is 16.4 Å². The summed E-state index contributed by atoms with van der Waals surface area (Å²) in [6.07, 6.45) is 1.80. The third-order valence-corrected chi connectivity index (χ3v) is 6.09. The lowest BCUT2D eigenvalue weighted by Gasteiger charge is -2.25. The average Bonchev–Trinajstić information content (AvgIpc) is 2.87. The normalized spacial score (nSPS) is 10.5. The van der Waals surface area contributed by atoms with E-state index in [0.29, 0.717) is 45.7 Å². The maximum Gasteiger partial charge on any atom is 0.249 e. The van der Waals surface area contributed by atoms with E-state index in [9.17, 15) is 10.1 Å². The Labute approximate surface area is 205 Å². The van der Waals surface area contributed by atoms with Gasteiger partial charge in [0.2, 0.25) is 5.91 Å². The standard InChI is InChI=1S/C29H27N5O/c1-3-34(27-11-7-4-8-19(27)2)18-20-14-22(16-30)28(33-17-20)21-12-13-24(29(32)35)25(15-21)23-9-5-6-10-26(23)31/h4-15,17H,3,18,31H2,1-2H3,(H2,32,35). The summed E-state index contributed by atoms with van der Waals surface area (Å²) >= 11 is 0. The monoisotopic (exact) mass is 461 g/mol. The van der Waals surface area contributed by atoms with E-state index >= 15 is 0 Å². The van der Waals surface area contributed by atoms with Gasteiger partial charge in [0.1, 0.15) is 6.07 Å². The van der Waals surface area contributed by atoms with Crippen molar-refractivity contribution in [1.29, 1.82) is 5.26 Å². The number of primary amides is 1. The van der Waals surface area contributed by atoms with E-state index in [2.05, 4.69) is 41.9 Å². The van der Waals surface area contributed by atoms with Gasteiger partial charge in [-0.1, -0.05) is 42.5 Å². The molecule has 0 radical (unpaired) electrons. The maximum absolute atomic E-state index is 12.1. The van der Waals surface area contributed by atoms with Gasteiger partial charge in [0.25, 0.3) is 0 Å². The first-order valence-electron chi connectivity index (χ1n) is 11.4. The van der Waals surface area contributed by atoms with Gasteiger partial charge in [-0.15, -0.1) is 0 Å². The van der Waals surface area contributed by atoms with Crippen molar-refractivity contribution in [1.82, 2.24) is 4.98 Å². The molecule has 6 nitrogen and oxygen atoms in total. The summed E-state index contributed by atoms with van der Waals surface area (Å²) in [6, 6.07) is 24.9. The Morgan fingerprint density at radius 2 is 1.77 bits per heavy atom. The minimum Gasteiger partial charge on any atom is -0.398 e. The number of rotatable bonds is 7. The largest absolute Gasteiger partial charge is 0.398 e. The molecular weight excluding hydrogens is 434 g/mol. The van der Waals surface area contributed by atoms with Crippen LogP contribution in [0.1, 0.15) is 34.0 Å². The molecule has 0 saturated heterocycles. The zero-order valence-corrected chi connectivity index (χ0v) is 19.8. The molecule has 174 valence electrons. The van der Waals surface area contributed by atoms with Crippen molar-refractivity contribution in [3.63, 3.8) is 0 Å². The summed E-state index contributed by atoms with van der Waals surface area (Å²) < 4.78 is 0. The van der Waals surface area contributed by atoms with E-state index in [-0.39, 0.29) is 0 Å². The topological polar surface area (TPSA) is 109 Å². The average molecular weight is 462 g/mol. The molecule has 0 fully saturated rings. The third kappa shape index (κ3) is 4.85. The van der Waals surface area contributed by atoms with Crippen LogP contribution in [0.25, 0.3) is 22.4 Å². The lowest BCUT2D eigenvalue weighted by molar-refractivity contribution is 0.100. The Morgan fingerprint density at radius 1 is 1.03 bits per heavy atom. The second kappa shape index (κ2) is 10.1. The summed E-state index contributed by atoms with van der Waals surface area (Å²) in [5.74, 6) is -0.547. The molecule has 1 heterocycles. The second-order valence-electron chi connectivity index (χ2n) is 8.36. The molecule has 0 spiro atoms. The van der Waals surface area contributed by atoms with Crippen molar-refractivity contribution < 1.29 is 4.79 Å². The molecule has 3 aromatic carbocycles. The summed E-state index contributed by atoms with van der Waals surface area (Å²) in [6.45, 7) is 5.66. The minimum atomic E-state index is -0.547. The summed E-state index contributed by atoms with van der Waals surface area (Å²) in [4.78, 5) is 19.0. The molecule has 1 aromatic heterocycles. The fraction of sp³-hybridized carbons (Fsp3) is 0.138. The molecule has 0 aliphatic rings. The number of amides is 1. The predicted octanol–water partition coefficient (Wildman–Crippen LogP) is 5.30. The van der Waals surface area contributed by atoms with Gasteiger partial charge in [-0.25, -0.2) is 0 Å². The van der Waals surface area contributed by atoms with Crippen LogP contribution in [-0.4, -0.2) is 17.4 Å². The number of pyridine rings is 1. The lowest BCUT2D eigenvalue weighted by Crippen LogP contribution is -2.23. The van der Waals surface area contributed by atoms with Crippen LogP contribution in [0.5, 0.6) is 0 Å². The van der Waals surface area contributed by atoms with E-state index in [4.69, 9.17) is 11.5 Å². The number of nitrogen functional groups attached to an aromatic ring is 1. The summed E-state index contributed by atoms with van der Waals surface area (Å²) in [5, 5.41) is 9.93. The maximum atomic E-state index is 12.1. The van der Waals surface area contributed by atoms with E-state index in [1.165, 1.54) is 5.56 Å². The van der Waals surface area contributed by atoms with Crippen molar-refractivity contribution in [3.05, 3.63) is 101 Å². The molecular formula is C29H27N5O. The predicted molar refractivity (Wildman–Crippen MR) is 141 cm³/mol. The molecule has 4 rings (SSSR count). The first-order valence-corrected chi connectivity index (χ1v) is 11.4. The number of anilines is 2. The van der Waals surface area contributed by atoms with Gasteiger partial charge in [0, 0.05) is 47.4 Å². The Bertz CT molecular complexity index is 1440. The van der Waals surface area contributed by atoms with Crippen molar-refractivity contribution >= 4 is 17.3 Å². The molecule has 4 N–H and O–H groups in total. The molecule has 0 unspecified atom stereocenters. The highest BCUT2D eigenvalue weighted by atomic mass is 16.1. The summed E-state index contributed by atoms with van der Waals surface area (Å²) in [7, 11) is 0. The number of nitriles is 1. The third-order valence-electron chi connectivity index (χ3n) is 6.09. The van der Waals surface area contributed by atoms with Crippen molar-refractivity contribution in [2.75, 3.05) is 17.2 Å². The second-order valence-corrected chi connectivity index (χ2v) is 8.36. The number of aryl methyl sites for hydroxylation is 1. The molecule has 0 bridgehead atoms. The quantitative estimate of drug-likeness (QED) is 0.363. The fourth-order valence-corrected chi connectivity index (χ4v) is 4.29. The highest BCUT2D eigenvalue weighted by Crippen LogP contribution is 2.33.